The zero-order chi connectivity index (χ0) is 22.2. The summed E-state index contributed by atoms with van der Waals surface area (Å²) in [6, 6.07) is 16.5. The minimum absolute atomic E-state index is 0.0234. The van der Waals surface area contributed by atoms with Gasteiger partial charge in [-0.2, -0.15) is 0 Å². The zero-order valence-electron chi connectivity index (χ0n) is 18.2. The van der Waals surface area contributed by atoms with Crippen LogP contribution in [0.1, 0.15) is 40.2 Å². The van der Waals surface area contributed by atoms with E-state index in [1.54, 1.807) is 0 Å². The lowest BCUT2D eigenvalue weighted by atomic mass is 9.87. The summed E-state index contributed by atoms with van der Waals surface area (Å²) in [4.78, 5) is 18.9. The van der Waals surface area contributed by atoms with Crippen molar-refractivity contribution >= 4 is 23.3 Å². The summed E-state index contributed by atoms with van der Waals surface area (Å²) in [7, 11) is 2.19. The van der Waals surface area contributed by atoms with E-state index in [0.717, 1.165) is 52.9 Å². The maximum Gasteiger partial charge on any atom is 0.251 e. The van der Waals surface area contributed by atoms with Crippen LogP contribution in [0.5, 0.6) is 0 Å². The minimum Gasteiger partial charge on any atom is -0.383 e. The van der Waals surface area contributed by atoms with E-state index in [1.807, 2.05) is 18.2 Å². The van der Waals surface area contributed by atoms with Crippen molar-refractivity contribution in [3.8, 4) is 22.3 Å². The largest absolute Gasteiger partial charge is 0.383 e. The molecule has 3 heterocycles. The van der Waals surface area contributed by atoms with Crippen LogP contribution in [0.15, 0.2) is 48.5 Å². The van der Waals surface area contributed by atoms with E-state index in [4.69, 9.17) is 17.3 Å². The number of nitrogens with two attached hydrogens (primary N) is 1. The first-order chi connectivity index (χ1) is 15.5. The average molecular weight is 447 g/mol. The summed E-state index contributed by atoms with van der Waals surface area (Å²) in [6.45, 7) is 2.93. The Hall–Kier alpha value is -2.89. The number of halogens is 1. The monoisotopic (exact) mass is 446 g/mol. The SMILES string of the molecule is CN1CCC(c2ccc(-c3cc(Cl)nc(N)c3-c3ccc4c(c3)CCNC4=O)cc2)CC1. The topological polar surface area (TPSA) is 71.2 Å². The third kappa shape index (κ3) is 3.98. The van der Waals surface area contributed by atoms with E-state index < -0.39 is 0 Å². The van der Waals surface area contributed by atoms with Gasteiger partial charge in [-0.3, -0.25) is 4.79 Å². The molecule has 2 aliphatic heterocycles. The van der Waals surface area contributed by atoms with Gasteiger partial charge < -0.3 is 16.0 Å². The van der Waals surface area contributed by atoms with Crippen molar-refractivity contribution < 1.29 is 4.79 Å². The van der Waals surface area contributed by atoms with Crippen molar-refractivity contribution in [2.24, 2.45) is 0 Å². The Morgan fingerprint density at radius 3 is 2.50 bits per heavy atom. The molecule has 5 nitrogen and oxygen atoms in total. The van der Waals surface area contributed by atoms with E-state index in [2.05, 4.69) is 52.6 Å². The molecule has 0 radical (unpaired) electrons. The first kappa shape index (κ1) is 21.0. The lowest BCUT2D eigenvalue weighted by Gasteiger charge is -2.29. The molecule has 2 aromatic carbocycles. The number of hydrogen-bond acceptors (Lipinski definition) is 4. The molecule has 2 aliphatic rings. The minimum atomic E-state index is -0.0234. The Balaban J connectivity index is 1.53. The second-order valence-corrected chi connectivity index (χ2v) is 9.22. The van der Waals surface area contributed by atoms with Crippen LogP contribution < -0.4 is 11.1 Å². The highest BCUT2D eigenvalue weighted by Crippen LogP contribution is 2.39. The van der Waals surface area contributed by atoms with Gasteiger partial charge in [0.25, 0.3) is 5.91 Å². The van der Waals surface area contributed by atoms with Crippen LogP contribution in [0.2, 0.25) is 5.15 Å². The highest BCUT2D eigenvalue weighted by atomic mass is 35.5. The van der Waals surface area contributed by atoms with Gasteiger partial charge in [-0.05, 0) is 85.3 Å². The molecule has 1 aromatic heterocycles. The number of nitrogen functional groups attached to an aromatic ring is 1. The number of fused-ring (bicyclic) bond motifs is 1. The number of benzene rings is 2. The number of hydrogen-bond donors (Lipinski definition) is 2. The molecule has 0 unspecified atom stereocenters. The fourth-order valence-corrected chi connectivity index (χ4v) is 5.12. The maximum absolute atomic E-state index is 12.1. The van der Waals surface area contributed by atoms with Crippen molar-refractivity contribution in [2.45, 2.75) is 25.2 Å². The van der Waals surface area contributed by atoms with Gasteiger partial charge in [-0.1, -0.05) is 48.0 Å². The second kappa shape index (κ2) is 8.57. The van der Waals surface area contributed by atoms with Crippen LogP contribution in [0.3, 0.4) is 0 Å². The van der Waals surface area contributed by atoms with Gasteiger partial charge in [-0.25, -0.2) is 4.98 Å². The molecule has 1 amide bonds. The lowest BCUT2D eigenvalue weighted by Crippen LogP contribution is -2.31. The van der Waals surface area contributed by atoms with Crippen LogP contribution in [-0.2, 0) is 6.42 Å². The Labute approximate surface area is 193 Å². The predicted molar refractivity (Wildman–Crippen MR) is 130 cm³/mol. The number of nitrogens with zero attached hydrogens (tertiary/aromatic N) is 2. The van der Waals surface area contributed by atoms with Gasteiger partial charge in [0, 0.05) is 17.7 Å². The molecule has 3 aromatic rings. The van der Waals surface area contributed by atoms with Gasteiger partial charge >= 0.3 is 0 Å². The predicted octanol–water partition coefficient (Wildman–Crippen LogP) is 4.75. The molecular weight excluding hydrogens is 420 g/mol. The van der Waals surface area contributed by atoms with Crippen molar-refractivity contribution in [3.63, 3.8) is 0 Å². The summed E-state index contributed by atoms with van der Waals surface area (Å²) in [5.74, 6) is 0.981. The molecule has 5 rings (SSSR count). The summed E-state index contributed by atoms with van der Waals surface area (Å²) in [5, 5.41) is 3.27. The molecule has 0 spiro atoms. The normalized spacial score (nSPS) is 17.1. The van der Waals surface area contributed by atoms with Crippen LogP contribution >= 0.6 is 11.6 Å². The number of carbonyl (C=O) groups is 1. The van der Waals surface area contributed by atoms with E-state index in [1.165, 1.54) is 18.4 Å². The van der Waals surface area contributed by atoms with E-state index in [0.29, 0.717) is 23.4 Å². The van der Waals surface area contributed by atoms with Gasteiger partial charge in [0.1, 0.15) is 11.0 Å². The third-order valence-electron chi connectivity index (χ3n) is 6.75. The maximum atomic E-state index is 12.1. The van der Waals surface area contributed by atoms with Crippen LogP contribution in [-0.4, -0.2) is 42.5 Å². The number of amides is 1. The van der Waals surface area contributed by atoms with Crippen molar-refractivity contribution in [3.05, 3.63) is 70.4 Å². The molecule has 1 saturated heterocycles. The van der Waals surface area contributed by atoms with Crippen LogP contribution in [0, 0.1) is 0 Å². The highest BCUT2D eigenvalue weighted by Gasteiger charge is 2.21. The zero-order valence-corrected chi connectivity index (χ0v) is 19.0. The highest BCUT2D eigenvalue weighted by molar-refractivity contribution is 6.30. The molecule has 32 heavy (non-hydrogen) atoms. The number of anilines is 1. The van der Waals surface area contributed by atoms with Crippen molar-refractivity contribution in [1.82, 2.24) is 15.2 Å². The second-order valence-electron chi connectivity index (χ2n) is 8.83. The third-order valence-corrected chi connectivity index (χ3v) is 6.94. The number of pyridine rings is 1. The molecule has 0 bridgehead atoms. The molecular formula is C26H27ClN4O. The number of carbonyl (C=O) groups excluding carboxylic acids is 1. The Kier molecular flexibility index (Phi) is 5.62. The van der Waals surface area contributed by atoms with E-state index >= 15 is 0 Å². The van der Waals surface area contributed by atoms with Crippen LogP contribution in [0.25, 0.3) is 22.3 Å². The molecule has 164 valence electrons. The van der Waals surface area contributed by atoms with Crippen LogP contribution in [0.4, 0.5) is 5.82 Å². The van der Waals surface area contributed by atoms with Crippen molar-refractivity contribution in [2.75, 3.05) is 32.4 Å². The fraction of sp³-hybridized carbons (Fsp3) is 0.308. The Morgan fingerprint density at radius 1 is 1.03 bits per heavy atom. The molecule has 3 N–H and O–H groups in total. The molecule has 0 atom stereocenters. The Morgan fingerprint density at radius 2 is 1.75 bits per heavy atom. The van der Waals surface area contributed by atoms with Gasteiger partial charge in [0.2, 0.25) is 0 Å². The van der Waals surface area contributed by atoms with Gasteiger partial charge in [0.05, 0.1) is 0 Å². The van der Waals surface area contributed by atoms with E-state index in [9.17, 15) is 4.79 Å². The fourth-order valence-electron chi connectivity index (χ4n) is 4.92. The Bertz CT molecular complexity index is 1170. The molecule has 6 heteroatoms. The summed E-state index contributed by atoms with van der Waals surface area (Å²) in [5.41, 5.74) is 13.3. The summed E-state index contributed by atoms with van der Waals surface area (Å²) in [6.07, 6.45) is 3.19. The van der Waals surface area contributed by atoms with Gasteiger partial charge in [0.15, 0.2) is 0 Å². The van der Waals surface area contributed by atoms with Crippen molar-refractivity contribution in [1.29, 1.82) is 0 Å². The number of likely N-dealkylation sites (tertiary alicyclic amines) is 1. The lowest BCUT2D eigenvalue weighted by molar-refractivity contribution is 0.0946. The molecule has 0 aliphatic carbocycles. The number of aromatic nitrogens is 1. The smallest absolute Gasteiger partial charge is 0.251 e. The quantitative estimate of drug-likeness (QED) is 0.570. The summed E-state index contributed by atoms with van der Waals surface area (Å²) < 4.78 is 0. The number of rotatable bonds is 3. The number of nitrogens with one attached hydrogen (secondary N) is 1. The number of piperidine rings is 1. The first-order valence-corrected chi connectivity index (χ1v) is 11.5. The van der Waals surface area contributed by atoms with Gasteiger partial charge in [-0.15, -0.1) is 0 Å². The van der Waals surface area contributed by atoms with E-state index in [-0.39, 0.29) is 5.91 Å². The molecule has 1 fully saturated rings. The average Bonchev–Trinajstić information content (AvgIpc) is 2.79. The molecule has 0 saturated carbocycles. The standard InChI is InChI=1S/C26H27ClN4O/c1-31-12-9-17(10-13-31)16-2-4-18(5-3-16)22-15-23(27)30-25(28)24(22)20-6-7-21-19(14-20)8-11-29-26(21)32/h2-7,14-15,17H,8-13H2,1H3,(H2,28,30)(H,29,32). The first-order valence-electron chi connectivity index (χ1n) is 11.2. The summed E-state index contributed by atoms with van der Waals surface area (Å²) >= 11 is 6.31.